The number of aliphatic imine (C=N–C) groups is 1. The smallest absolute Gasteiger partial charge is 0.255 e. The minimum atomic E-state index is -2.42. The SMILES string of the molecule is CCNC(=NCc1ccc(C)cc1OCC1CCCO1)NCC(F)F. The molecule has 1 aromatic carbocycles. The molecule has 2 rings (SSSR count). The third kappa shape index (κ3) is 6.86. The van der Waals surface area contributed by atoms with Crippen LogP contribution >= 0.6 is 0 Å². The van der Waals surface area contributed by atoms with E-state index in [-0.39, 0.29) is 6.10 Å². The van der Waals surface area contributed by atoms with E-state index < -0.39 is 13.0 Å². The second-order valence-electron chi connectivity index (χ2n) is 6.02. The van der Waals surface area contributed by atoms with Crippen LogP contribution in [-0.4, -0.2) is 44.8 Å². The monoisotopic (exact) mass is 355 g/mol. The van der Waals surface area contributed by atoms with Crippen molar-refractivity contribution in [3.63, 3.8) is 0 Å². The van der Waals surface area contributed by atoms with E-state index in [1.165, 1.54) is 0 Å². The normalized spacial score (nSPS) is 17.8. The molecule has 0 saturated carbocycles. The molecule has 0 aromatic heterocycles. The Labute approximate surface area is 147 Å². The van der Waals surface area contributed by atoms with Crippen molar-refractivity contribution >= 4 is 5.96 Å². The largest absolute Gasteiger partial charge is 0.491 e. The van der Waals surface area contributed by atoms with Gasteiger partial charge in [-0.2, -0.15) is 0 Å². The zero-order valence-electron chi connectivity index (χ0n) is 14.9. The van der Waals surface area contributed by atoms with Crippen LogP contribution in [0.1, 0.15) is 30.9 Å². The molecular formula is C18H27F2N3O2. The number of halogens is 2. The quantitative estimate of drug-likeness (QED) is 0.556. The van der Waals surface area contributed by atoms with Crippen LogP contribution in [0.5, 0.6) is 5.75 Å². The van der Waals surface area contributed by atoms with Crippen LogP contribution in [0.2, 0.25) is 0 Å². The van der Waals surface area contributed by atoms with E-state index in [9.17, 15) is 8.78 Å². The number of hydrogen-bond acceptors (Lipinski definition) is 3. The van der Waals surface area contributed by atoms with Crippen molar-refractivity contribution in [2.75, 3.05) is 26.3 Å². The van der Waals surface area contributed by atoms with Crippen LogP contribution in [0.4, 0.5) is 8.78 Å². The Kier molecular flexibility index (Phi) is 7.91. The zero-order chi connectivity index (χ0) is 18.1. The molecule has 5 nitrogen and oxygen atoms in total. The Balaban J connectivity index is 2.01. The molecule has 7 heteroatoms. The molecule has 0 amide bonds. The zero-order valence-corrected chi connectivity index (χ0v) is 14.9. The second-order valence-corrected chi connectivity index (χ2v) is 6.02. The summed E-state index contributed by atoms with van der Waals surface area (Å²) in [6.07, 6.45) is -0.196. The molecule has 0 bridgehead atoms. The predicted octanol–water partition coefficient (Wildman–Crippen LogP) is 2.87. The number of benzene rings is 1. The summed E-state index contributed by atoms with van der Waals surface area (Å²) in [4.78, 5) is 4.38. The van der Waals surface area contributed by atoms with Gasteiger partial charge in [-0.05, 0) is 38.3 Å². The summed E-state index contributed by atoms with van der Waals surface area (Å²) in [5.74, 6) is 1.14. The lowest BCUT2D eigenvalue weighted by Gasteiger charge is -2.15. The molecule has 1 saturated heterocycles. The maximum absolute atomic E-state index is 12.4. The number of rotatable bonds is 8. The molecule has 1 aromatic rings. The van der Waals surface area contributed by atoms with Gasteiger partial charge >= 0.3 is 0 Å². The first-order valence-electron chi connectivity index (χ1n) is 8.72. The Morgan fingerprint density at radius 3 is 2.92 bits per heavy atom. The van der Waals surface area contributed by atoms with E-state index >= 15 is 0 Å². The molecule has 0 radical (unpaired) electrons. The highest BCUT2D eigenvalue weighted by molar-refractivity contribution is 5.79. The lowest BCUT2D eigenvalue weighted by Crippen LogP contribution is -2.39. The van der Waals surface area contributed by atoms with Crippen molar-refractivity contribution < 1.29 is 18.3 Å². The summed E-state index contributed by atoms with van der Waals surface area (Å²) < 4.78 is 36.3. The Morgan fingerprint density at radius 1 is 1.40 bits per heavy atom. The summed E-state index contributed by atoms with van der Waals surface area (Å²) in [5, 5.41) is 5.59. The third-order valence-electron chi connectivity index (χ3n) is 3.85. The molecule has 0 spiro atoms. The van der Waals surface area contributed by atoms with E-state index in [2.05, 4.69) is 15.6 Å². The minimum Gasteiger partial charge on any atom is -0.491 e. The van der Waals surface area contributed by atoms with E-state index in [4.69, 9.17) is 9.47 Å². The summed E-state index contributed by atoms with van der Waals surface area (Å²) in [6, 6.07) is 5.92. The van der Waals surface area contributed by atoms with E-state index in [0.717, 1.165) is 36.3 Å². The molecule has 1 aliphatic rings. The van der Waals surface area contributed by atoms with Crippen LogP contribution in [-0.2, 0) is 11.3 Å². The number of hydrogen-bond donors (Lipinski definition) is 2. The fourth-order valence-electron chi connectivity index (χ4n) is 2.57. The van der Waals surface area contributed by atoms with Gasteiger partial charge in [0, 0.05) is 18.7 Å². The van der Waals surface area contributed by atoms with Crippen molar-refractivity contribution in [2.45, 2.75) is 45.8 Å². The summed E-state index contributed by atoms with van der Waals surface area (Å²) in [6.45, 7) is 5.72. The van der Waals surface area contributed by atoms with Gasteiger partial charge in [-0.15, -0.1) is 0 Å². The van der Waals surface area contributed by atoms with Gasteiger partial charge in [-0.3, -0.25) is 0 Å². The van der Waals surface area contributed by atoms with Gasteiger partial charge in [-0.25, -0.2) is 13.8 Å². The number of alkyl halides is 2. The van der Waals surface area contributed by atoms with Gasteiger partial charge in [-0.1, -0.05) is 12.1 Å². The number of aryl methyl sites for hydroxylation is 1. The fourth-order valence-corrected chi connectivity index (χ4v) is 2.57. The van der Waals surface area contributed by atoms with Gasteiger partial charge in [0.2, 0.25) is 0 Å². The maximum atomic E-state index is 12.4. The Hall–Kier alpha value is -1.89. The summed E-state index contributed by atoms with van der Waals surface area (Å²) in [7, 11) is 0. The predicted molar refractivity (Wildman–Crippen MR) is 94.5 cm³/mol. The van der Waals surface area contributed by atoms with Crippen LogP contribution in [0.3, 0.4) is 0 Å². The van der Waals surface area contributed by atoms with Crippen LogP contribution < -0.4 is 15.4 Å². The molecule has 2 N–H and O–H groups in total. The second kappa shape index (κ2) is 10.2. The molecule has 1 heterocycles. The Morgan fingerprint density at radius 2 is 2.24 bits per heavy atom. The van der Waals surface area contributed by atoms with Gasteiger partial charge < -0.3 is 20.1 Å². The lowest BCUT2D eigenvalue weighted by atomic mass is 10.1. The molecule has 140 valence electrons. The van der Waals surface area contributed by atoms with E-state index in [1.807, 2.05) is 32.0 Å². The van der Waals surface area contributed by atoms with Crippen LogP contribution in [0.15, 0.2) is 23.2 Å². The van der Waals surface area contributed by atoms with Crippen molar-refractivity contribution in [3.8, 4) is 5.75 Å². The lowest BCUT2D eigenvalue weighted by molar-refractivity contribution is 0.0676. The number of ether oxygens (including phenoxy) is 2. The molecule has 1 unspecified atom stereocenters. The van der Waals surface area contributed by atoms with Gasteiger partial charge in [0.05, 0.1) is 19.2 Å². The summed E-state index contributed by atoms with van der Waals surface area (Å²) >= 11 is 0. The molecule has 25 heavy (non-hydrogen) atoms. The number of guanidine groups is 1. The topological polar surface area (TPSA) is 54.9 Å². The van der Waals surface area contributed by atoms with Crippen LogP contribution in [0, 0.1) is 6.92 Å². The molecule has 1 aliphatic heterocycles. The molecule has 1 fully saturated rings. The highest BCUT2D eigenvalue weighted by Crippen LogP contribution is 2.23. The van der Waals surface area contributed by atoms with Gasteiger partial charge in [0.1, 0.15) is 12.4 Å². The van der Waals surface area contributed by atoms with Crippen molar-refractivity contribution in [1.82, 2.24) is 10.6 Å². The third-order valence-corrected chi connectivity index (χ3v) is 3.85. The average Bonchev–Trinajstić information content (AvgIpc) is 3.10. The fraction of sp³-hybridized carbons (Fsp3) is 0.611. The van der Waals surface area contributed by atoms with E-state index in [0.29, 0.717) is 25.7 Å². The number of nitrogens with zero attached hydrogens (tertiary/aromatic N) is 1. The standard InChI is InChI=1S/C18H27F2N3O2/c1-3-21-18(23-11-17(19)20)22-10-14-7-6-13(2)9-16(14)25-12-15-5-4-8-24-15/h6-7,9,15,17H,3-5,8,10-12H2,1-2H3,(H2,21,22,23). The average molecular weight is 355 g/mol. The van der Waals surface area contributed by atoms with Crippen molar-refractivity contribution in [1.29, 1.82) is 0 Å². The highest BCUT2D eigenvalue weighted by atomic mass is 19.3. The first-order chi connectivity index (χ1) is 12.1. The van der Waals surface area contributed by atoms with Crippen molar-refractivity contribution in [2.24, 2.45) is 4.99 Å². The highest BCUT2D eigenvalue weighted by Gasteiger charge is 2.17. The minimum absolute atomic E-state index is 0.141. The summed E-state index contributed by atoms with van der Waals surface area (Å²) in [5.41, 5.74) is 2.01. The van der Waals surface area contributed by atoms with Gasteiger partial charge in [0.25, 0.3) is 6.43 Å². The number of nitrogens with one attached hydrogen (secondary N) is 2. The van der Waals surface area contributed by atoms with Crippen LogP contribution in [0.25, 0.3) is 0 Å². The first-order valence-corrected chi connectivity index (χ1v) is 8.72. The molecular weight excluding hydrogens is 328 g/mol. The first kappa shape index (κ1) is 19.4. The molecule has 1 atom stereocenters. The maximum Gasteiger partial charge on any atom is 0.255 e. The van der Waals surface area contributed by atoms with Gasteiger partial charge in [0.15, 0.2) is 5.96 Å². The van der Waals surface area contributed by atoms with E-state index in [1.54, 1.807) is 0 Å². The molecule has 0 aliphatic carbocycles. The van der Waals surface area contributed by atoms with Crippen molar-refractivity contribution in [3.05, 3.63) is 29.3 Å². The Bertz CT molecular complexity index is 561.